The van der Waals surface area contributed by atoms with Crippen LogP contribution in [0.3, 0.4) is 0 Å². The first-order valence-corrected chi connectivity index (χ1v) is 11.0. The normalized spacial score (nSPS) is 11.2. The Balaban J connectivity index is 1.67. The van der Waals surface area contributed by atoms with Gasteiger partial charge in [0.1, 0.15) is 0 Å². The van der Waals surface area contributed by atoms with Gasteiger partial charge < -0.3 is 0 Å². The van der Waals surface area contributed by atoms with Crippen molar-refractivity contribution in [2.24, 2.45) is 0 Å². The van der Waals surface area contributed by atoms with Crippen molar-refractivity contribution in [1.82, 2.24) is 14.6 Å². The number of nitrogens with zero attached hydrogens (tertiary/aromatic N) is 3. The maximum atomic E-state index is 12.6. The summed E-state index contributed by atoms with van der Waals surface area (Å²) in [6, 6.07) is 19.0. The Labute approximate surface area is 174 Å². The van der Waals surface area contributed by atoms with Gasteiger partial charge in [-0.1, -0.05) is 0 Å². The van der Waals surface area contributed by atoms with Gasteiger partial charge in [0.05, 0.1) is 0 Å². The van der Waals surface area contributed by atoms with E-state index in [2.05, 4.69) is 10.1 Å². The summed E-state index contributed by atoms with van der Waals surface area (Å²) in [4.78, 5) is 29.0. The number of fused-ring (bicyclic) bond motifs is 1. The van der Waals surface area contributed by atoms with Gasteiger partial charge in [0.15, 0.2) is 0 Å². The molecule has 1 radical (unpaired) electrons. The molecular weight excluding hydrogens is 429 g/mol. The number of ether oxygens (including phenoxy) is 1. The molecule has 29 heavy (non-hydrogen) atoms. The second-order valence-electron chi connectivity index (χ2n) is 6.18. The van der Waals surface area contributed by atoms with Gasteiger partial charge >= 0.3 is 174 Å². The van der Waals surface area contributed by atoms with Gasteiger partial charge in [0, 0.05) is 0 Å². The van der Waals surface area contributed by atoms with E-state index in [0.29, 0.717) is 11.2 Å². The molecule has 0 saturated heterocycles. The van der Waals surface area contributed by atoms with Crippen LogP contribution in [0.2, 0.25) is 0 Å². The standard InChI is InChI=1S/C22H17AsN3O3/c1-2-29-22(28)18-14-25-26-19(11-12-24-21(18)26)16-9-6-10-17(13-16)23-20(27)15-7-4-3-5-8-15/h3-14H,2H2,1H3. The summed E-state index contributed by atoms with van der Waals surface area (Å²) in [7, 11) is 0. The predicted octanol–water partition coefficient (Wildman–Crippen LogP) is 2.74. The van der Waals surface area contributed by atoms with Gasteiger partial charge in [0.25, 0.3) is 0 Å². The Morgan fingerprint density at radius 1 is 1.07 bits per heavy atom. The number of esters is 1. The molecule has 4 rings (SSSR count). The molecule has 0 aliphatic heterocycles. The molecule has 143 valence electrons. The monoisotopic (exact) mass is 446 g/mol. The van der Waals surface area contributed by atoms with Gasteiger partial charge in [-0.15, -0.1) is 0 Å². The first-order chi connectivity index (χ1) is 14.2. The second kappa shape index (κ2) is 8.41. The zero-order valence-corrected chi connectivity index (χ0v) is 17.5. The Morgan fingerprint density at radius 3 is 2.69 bits per heavy atom. The van der Waals surface area contributed by atoms with E-state index in [1.54, 1.807) is 17.6 Å². The molecular formula is C22H17AsN3O3. The van der Waals surface area contributed by atoms with Crippen molar-refractivity contribution in [3.8, 4) is 11.3 Å². The zero-order chi connectivity index (χ0) is 20.2. The fraction of sp³-hybridized carbons (Fsp3) is 0.0909. The average Bonchev–Trinajstić information content (AvgIpc) is 3.19. The van der Waals surface area contributed by atoms with Gasteiger partial charge in [-0.2, -0.15) is 0 Å². The molecule has 0 unspecified atom stereocenters. The third-order valence-electron chi connectivity index (χ3n) is 4.29. The van der Waals surface area contributed by atoms with Gasteiger partial charge in [0.2, 0.25) is 0 Å². The maximum absolute atomic E-state index is 12.6. The van der Waals surface area contributed by atoms with Crippen molar-refractivity contribution in [1.29, 1.82) is 0 Å². The molecule has 6 nitrogen and oxygen atoms in total. The van der Waals surface area contributed by atoms with Crippen molar-refractivity contribution in [2.45, 2.75) is 6.92 Å². The van der Waals surface area contributed by atoms with E-state index in [0.717, 1.165) is 21.2 Å². The van der Waals surface area contributed by atoms with E-state index in [9.17, 15) is 9.59 Å². The zero-order valence-electron chi connectivity index (χ0n) is 15.6. The Bertz CT molecular complexity index is 1190. The third kappa shape index (κ3) is 3.98. The summed E-state index contributed by atoms with van der Waals surface area (Å²) in [5.41, 5.74) is 3.20. The van der Waals surface area contributed by atoms with Crippen LogP contribution in [0.25, 0.3) is 16.9 Å². The first-order valence-electron chi connectivity index (χ1n) is 9.09. The topological polar surface area (TPSA) is 73.6 Å². The molecule has 0 spiro atoms. The molecule has 0 aliphatic rings. The molecule has 0 amide bonds. The number of hydrogen-bond acceptors (Lipinski definition) is 5. The molecule has 0 atom stereocenters. The number of rotatable bonds is 6. The van der Waals surface area contributed by atoms with Gasteiger partial charge in [-0.25, -0.2) is 0 Å². The van der Waals surface area contributed by atoms with Crippen LogP contribution in [0.1, 0.15) is 27.6 Å². The molecule has 0 N–H and O–H groups in total. The number of carbonyl (C=O) groups is 2. The molecule has 7 heteroatoms. The Kier molecular flexibility index (Phi) is 5.54. The molecule has 0 saturated carbocycles. The Hall–Kier alpha value is -3.24. The first kappa shape index (κ1) is 19.1. The molecule has 2 aromatic heterocycles. The number of benzene rings is 2. The fourth-order valence-electron chi connectivity index (χ4n) is 2.96. The third-order valence-corrected chi connectivity index (χ3v) is 6.38. The molecule has 4 aromatic rings. The minimum absolute atomic E-state index is 0.155. The summed E-state index contributed by atoms with van der Waals surface area (Å²) in [6.07, 6.45) is 3.11. The second-order valence-corrected chi connectivity index (χ2v) is 8.58. The predicted molar refractivity (Wildman–Crippen MR) is 111 cm³/mol. The molecule has 2 aromatic carbocycles. The van der Waals surface area contributed by atoms with Crippen LogP contribution in [0.15, 0.2) is 73.1 Å². The van der Waals surface area contributed by atoms with E-state index in [-0.39, 0.29) is 11.2 Å². The quantitative estimate of drug-likeness (QED) is 0.337. The fourth-order valence-corrected chi connectivity index (χ4v) is 4.80. The van der Waals surface area contributed by atoms with E-state index >= 15 is 0 Å². The van der Waals surface area contributed by atoms with Crippen LogP contribution < -0.4 is 4.35 Å². The van der Waals surface area contributed by atoms with E-state index in [4.69, 9.17) is 4.74 Å². The number of hydrogen-bond donors (Lipinski definition) is 0. The van der Waals surface area contributed by atoms with Gasteiger partial charge in [-0.05, 0) is 0 Å². The van der Waals surface area contributed by atoms with E-state index in [1.807, 2.05) is 60.7 Å². The van der Waals surface area contributed by atoms with Crippen LogP contribution in [-0.4, -0.2) is 47.5 Å². The average molecular weight is 446 g/mol. The summed E-state index contributed by atoms with van der Waals surface area (Å²) in [5.74, 6) is -0.445. The number of aromatic nitrogens is 3. The minimum atomic E-state index is -0.668. The molecule has 0 fully saturated rings. The van der Waals surface area contributed by atoms with Crippen LogP contribution in [0.4, 0.5) is 0 Å². The summed E-state index contributed by atoms with van der Waals surface area (Å²) >= 11 is -0.668. The Morgan fingerprint density at radius 2 is 1.90 bits per heavy atom. The van der Waals surface area contributed by atoms with Gasteiger partial charge in [-0.3, -0.25) is 0 Å². The summed E-state index contributed by atoms with van der Waals surface area (Å²) in [5, 5.41) is 4.33. The summed E-state index contributed by atoms with van der Waals surface area (Å²) in [6.45, 7) is 2.05. The summed E-state index contributed by atoms with van der Waals surface area (Å²) < 4.78 is 7.86. The van der Waals surface area contributed by atoms with E-state index in [1.165, 1.54) is 6.20 Å². The van der Waals surface area contributed by atoms with Crippen LogP contribution in [0.5, 0.6) is 0 Å². The number of carbonyl (C=O) groups excluding carboxylic acids is 2. The van der Waals surface area contributed by atoms with Crippen molar-refractivity contribution < 1.29 is 14.3 Å². The molecule has 0 aliphatic carbocycles. The van der Waals surface area contributed by atoms with Crippen LogP contribution in [0, 0.1) is 0 Å². The van der Waals surface area contributed by atoms with Crippen LogP contribution in [-0.2, 0) is 4.74 Å². The van der Waals surface area contributed by atoms with Crippen molar-refractivity contribution in [3.63, 3.8) is 0 Å². The molecule has 2 heterocycles. The van der Waals surface area contributed by atoms with Crippen LogP contribution >= 0.6 is 0 Å². The van der Waals surface area contributed by atoms with E-state index < -0.39 is 21.7 Å². The molecule has 0 bridgehead atoms. The SMILES string of the molecule is CCOC(=O)c1cnn2c(-c3cccc([As]C(=O)c4ccccc4)c3)ccnc12. The van der Waals surface area contributed by atoms with Crippen molar-refractivity contribution in [3.05, 3.63) is 84.2 Å². The van der Waals surface area contributed by atoms with Crippen molar-refractivity contribution >= 4 is 36.3 Å². The van der Waals surface area contributed by atoms with Crippen molar-refractivity contribution in [2.75, 3.05) is 6.61 Å².